The molecule has 2 aliphatic rings. The van der Waals surface area contributed by atoms with E-state index in [2.05, 4.69) is 15.6 Å². The van der Waals surface area contributed by atoms with E-state index in [9.17, 15) is 14.0 Å². The number of ether oxygens (including phenoxy) is 2. The van der Waals surface area contributed by atoms with Crippen molar-refractivity contribution in [1.29, 1.82) is 0 Å². The Morgan fingerprint density at radius 2 is 1.97 bits per heavy atom. The Bertz CT molecular complexity index is 1210. The van der Waals surface area contributed by atoms with Gasteiger partial charge in [0, 0.05) is 16.1 Å². The Morgan fingerprint density at radius 3 is 2.81 bits per heavy atom. The van der Waals surface area contributed by atoms with Crippen molar-refractivity contribution in [3.8, 4) is 11.5 Å². The first-order chi connectivity index (χ1) is 15.0. The van der Waals surface area contributed by atoms with Crippen LogP contribution in [0.25, 0.3) is 0 Å². The van der Waals surface area contributed by atoms with E-state index in [1.807, 2.05) is 0 Å². The number of nitrogens with zero attached hydrogens (tertiary/aromatic N) is 1. The first-order valence-electron chi connectivity index (χ1n) is 9.75. The van der Waals surface area contributed by atoms with Crippen LogP contribution in [0.4, 0.5) is 15.2 Å². The standard InChI is InChI=1S/C22H18FN3O4S/c1-11-2-4-13(9-15(11)23)24-21(28)14-5-7-18-19(14)25-22(31-18)26-20(27)12-3-6-16-17(8-12)30-10-29-16/h2-4,6,8-9,14H,5,7,10H2,1H3,(H,24,28)(H,25,26,27). The van der Waals surface area contributed by atoms with Crippen molar-refractivity contribution in [2.45, 2.75) is 25.7 Å². The van der Waals surface area contributed by atoms with E-state index in [0.717, 1.165) is 4.88 Å². The molecular formula is C22H18FN3O4S. The van der Waals surface area contributed by atoms with E-state index < -0.39 is 5.92 Å². The maximum absolute atomic E-state index is 13.8. The Balaban J connectivity index is 1.29. The summed E-state index contributed by atoms with van der Waals surface area (Å²) in [6.45, 7) is 1.80. The number of anilines is 2. The molecule has 0 spiro atoms. The van der Waals surface area contributed by atoms with Crippen LogP contribution in [0.3, 0.4) is 0 Å². The van der Waals surface area contributed by atoms with E-state index in [-0.39, 0.29) is 24.4 Å². The van der Waals surface area contributed by atoms with Crippen LogP contribution in [-0.4, -0.2) is 23.6 Å². The van der Waals surface area contributed by atoms with Gasteiger partial charge in [0.25, 0.3) is 5.91 Å². The zero-order valence-corrected chi connectivity index (χ0v) is 17.3. The van der Waals surface area contributed by atoms with Crippen LogP contribution in [0.1, 0.15) is 38.8 Å². The highest BCUT2D eigenvalue weighted by Crippen LogP contribution is 2.39. The van der Waals surface area contributed by atoms with Crippen LogP contribution in [0.15, 0.2) is 36.4 Å². The summed E-state index contributed by atoms with van der Waals surface area (Å²) in [6.07, 6.45) is 1.33. The third kappa shape index (κ3) is 3.72. The monoisotopic (exact) mass is 439 g/mol. The fourth-order valence-electron chi connectivity index (χ4n) is 3.64. The molecule has 0 bridgehead atoms. The molecule has 1 aromatic heterocycles. The second kappa shape index (κ2) is 7.66. The zero-order valence-electron chi connectivity index (χ0n) is 16.5. The van der Waals surface area contributed by atoms with Crippen LogP contribution >= 0.6 is 11.3 Å². The minimum atomic E-state index is -0.438. The van der Waals surface area contributed by atoms with Gasteiger partial charge in [-0.2, -0.15) is 0 Å². The smallest absolute Gasteiger partial charge is 0.257 e. The molecule has 1 unspecified atom stereocenters. The average molecular weight is 439 g/mol. The van der Waals surface area contributed by atoms with E-state index in [4.69, 9.17) is 9.47 Å². The fourth-order valence-corrected chi connectivity index (χ4v) is 4.68. The average Bonchev–Trinajstić information content (AvgIpc) is 3.45. The van der Waals surface area contributed by atoms with Crippen molar-refractivity contribution < 1.29 is 23.5 Å². The molecule has 2 N–H and O–H groups in total. The maximum atomic E-state index is 13.8. The molecular weight excluding hydrogens is 421 g/mol. The lowest BCUT2D eigenvalue weighted by molar-refractivity contribution is -0.117. The van der Waals surface area contributed by atoms with E-state index >= 15 is 0 Å². The second-order valence-corrected chi connectivity index (χ2v) is 8.48. The van der Waals surface area contributed by atoms with Gasteiger partial charge in [0.1, 0.15) is 5.82 Å². The topological polar surface area (TPSA) is 89.6 Å². The van der Waals surface area contributed by atoms with Crippen molar-refractivity contribution in [1.82, 2.24) is 4.98 Å². The minimum Gasteiger partial charge on any atom is -0.454 e. The summed E-state index contributed by atoms with van der Waals surface area (Å²) in [5.41, 5.74) is 2.02. The molecule has 0 saturated carbocycles. The maximum Gasteiger partial charge on any atom is 0.257 e. The highest BCUT2D eigenvalue weighted by Gasteiger charge is 2.33. The highest BCUT2D eigenvalue weighted by molar-refractivity contribution is 7.16. The van der Waals surface area contributed by atoms with Gasteiger partial charge in [0.05, 0.1) is 11.6 Å². The van der Waals surface area contributed by atoms with Crippen molar-refractivity contribution >= 4 is 34.0 Å². The number of thiazole rings is 1. The molecule has 2 heterocycles. The molecule has 2 amide bonds. The van der Waals surface area contributed by atoms with Gasteiger partial charge >= 0.3 is 0 Å². The van der Waals surface area contributed by atoms with Crippen molar-refractivity contribution in [3.05, 3.63) is 63.9 Å². The lowest BCUT2D eigenvalue weighted by Crippen LogP contribution is -2.20. The minimum absolute atomic E-state index is 0.137. The molecule has 0 fully saturated rings. The number of carbonyl (C=O) groups is 2. The SMILES string of the molecule is Cc1ccc(NC(=O)C2CCc3sc(NC(=O)c4ccc5c(c4)OCO5)nc32)cc1F. The number of nitrogens with one attached hydrogen (secondary N) is 2. The summed E-state index contributed by atoms with van der Waals surface area (Å²) >= 11 is 1.36. The van der Waals surface area contributed by atoms with Crippen molar-refractivity contribution in [3.63, 3.8) is 0 Å². The Morgan fingerprint density at radius 1 is 1.13 bits per heavy atom. The van der Waals surface area contributed by atoms with Crippen LogP contribution in [0.2, 0.25) is 0 Å². The number of carbonyl (C=O) groups excluding carboxylic acids is 2. The number of aryl methyl sites for hydroxylation is 2. The van der Waals surface area contributed by atoms with Crippen LogP contribution in [0, 0.1) is 12.7 Å². The molecule has 1 aliphatic carbocycles. The van der Waals surface area contributed by atoms with Gasteiger partial charge in [-0.1, -0.05) is 6.07 Å². The third-order valence-electron chi connectivity index (χ3n) is 5.33. The quantitative estimate of drug-likeness (QED) is 0.635. The number of hydrogen-bond acceptors (Lipinski definition) is 6. The van der Waals surface area contributed by atoms with Gasteiger partial charge in [0.15, 0.2) is 16.6 Å². The van der Waals surface area contributed by atoms with Gasteiger partial charge in [-0.3, -0.25) is 14.9 Å². The lowest BCUT2D eigenvalue weighted by Gasteiger charge is -2.11. The first-order valence-corrected chi connectivity index (χ1v) is 10.6. The summed E-state index contributed by atoms with van der Waals surface area (Å²) in [5.74, 6) is -0.229. The predicted molar refractivity (Wildman–Crippen MR) is 113 cm³/mol. The number of aromatic nitrogens is 1. The molecule has 1 atom stereocenters. The van der Waals surface area contributed by atoms with E-state index in [1.54, 1.807) is 37.3 Å². The predicted octanol–water partition coefficient (Wildman–Crippen LogP) is 4.24. The number of benzene rings is 2. The Kier molecular flexibility index (Phi) is 4.82. The van der Waals surface area contributed by atoms with E-state index in [0.29, 0.717) is 52.0 Å². The fraction of sp³-hybridized carbons (Fsp3) is 0.227. The number of halogens is 1. The summed E-state index contributed by atoms with van der Waals surface area (Å²) in [7, 11) is 0. The number of rotatable bonds is 4. The number of hydrogen-bond donors (Lipinski definition) is 2. The molecule has 1 aliphatic heterocycles. The van der Waals surface area contributed by atoms with Crippen LogP contribution in [0.5, 0.6) is 11.5 Å². The lowest BCUT2D eigenvalue weighted by atomic mass is 10.1. The van der Waals surface area contributed by atoms with Gasteiger partial charge < -0.3 is 14.8 Å². The largest absolute Gasteiger partial charge is 0.454 e. The molecule has 2 aromatic carbocycles. The molecule has 0 saturated heterocycles. The van der Waals surface area contributed by atoms with Gasteiger partial charge in [-0.25, -0.2) is 9.37 Å². The molecule has 31 heavy (non-hydrogen) atoms. The molecule has 9 heteroatoms. The van der Waals surface area contributed by atoms with Crippen LogP contribution in [-0.2, 0) is 11.2 Å². The number of amides is 2. The van der Waals surface area contributed by atoms with Crippen LogP contribution < -0.4 is 20.1 Å². The van der Waals surface area contributed by atoms with Gasteiger partial charge in [-0.05, 0) is 55.7 Å². The highest BCUT2D eigenvalue weighted by atomic mass is 32.1. The summed E-state index contributed by atoms with van der Waals surface area (Å²) in [6, 6.07) is 9.56. The second-order valence-electron chi connectivity index (χ2n) is 7.39. The molecule has 158 valence electrons. The van der Waals surface area contributed by atoms with Crippen molar-refractivity contribution in [2.24, 2.45) is 0 Å². The Hall–Kier alpha value is -3.46. The molecule has 5 rings (SSSR count). The third-order valence-corrected chi connectivity index (χ3v) is 6.38. The number of fused-ring (bicyclic) bond motifs is 2. The molecule has 3 aromatic rings. The molecule has 7 nitrogen and oxygen atoms in total. The summed E-state index contributed by atoms with van der Waals surface area (Å²) in [5, 5.41) is 5.99. The normalized spacial score (nSPS) is 16.1. The van der Waals surface area contributed by atoms with E-state index in [1.165, 1.54) is 17.4 Å². The summed E-state index contributed by atoms with van der Waals surface area (Å²) < 4.78 is 24.3. The van der Waals surface area contributed by atoms with Crippen molar-refractivity contribution in [2.75, 3.05) is 17.4 Å². The Labute approximate surface area is 181 Å². The summed E-state index contributed by atoms with van der Waals surface area (Å²) in [4.78, 5) is 30.8. The molecule has 0 radical (unpaired) electrons. The first kappa shape index (κ1) is 19.5. The zero-order chi connectivity index (χ0) is 21.5. The van der Waals surface area contributed by atoms with Gasteiger partial charge in [0.2, 0.25) is 12.7 Å². The van der Waals surface area contributed by atoms with Gasteiger partial charge in [-0.15, -0.1) is 11.3 Å².